The van der Waals surface area contributed by atoms with Crippen molar-refractivity contribution in [3.05, 3.63) is 35.5 Å². The Labute approximate surface area is 100 Å². The third-order valence-electron chi connectivity index (χ3n) is 2.92. The number of aryl methyl sites for hydroxylation is 1. The average molecular weight is 234 g/mol. The number of nitrogens with one attached hydrogen (secondary N) is 2. The third kappa shape index (κ3) is 2.66. The Bertz CT molecular complexity index is 493. The summed E-state index contributed by atoms with van der Waals surface area (Å²) in [6.07, 6.45) is -0.694. The van der Waals surface area contributed by atoms with E-state index >= 15 is 0 Å². The lowest BCUT2D eigenvalue weighted by Crippen LogP contribution is -2.29. The molecule has 2 aromatic rings. The summed E-state index contributed by atoms with van der Waals surface area (Å²) in [6.45, 7) is 2.92. The van der Waals surface area contributed by atoms with Gasteiger partial charge in [0.25, 0.3) is 0 Å². The first kappa shape index (κ1) is 12.1. The monoisotopic (exact) mass is 234 g/mol. The Hall–Kier alpha value is -1.36. The normalized spacial score (nSPS) is 13.1. The number of hydrogen-bond acceptors (Lipinski definition) is 3. The van der Waals surface area contributed by atoms with Crippen LogP contribution in [-0.4, -0.2) is 34.5 Å². The molecule has 4 N–H and O–H groups in total. The lowest BCUT2D eigenvalue weighted by Gasteiger charge is -2.09. The highest BCUT2D eigenvalue weighted by atomic mass is 16.3. The molecule has 0 fully saturated rings. The molecular weight excluding hydrogens is 216 g/mol. The maximum absolute atomic E-state index is 9.25. The quantitative estimate of drug-likeness (QED) is 0.622. The van der Waals surface area contributed by atoms with Gasteiger partial charge >= 0.3 is 0 Å². The van der Waals surface area contributed by atoms with E-state index in [1.54, 1.807) is 0 Å². The summed E-state index contributed by atoms with van der Waals surface area (Å²) < 4.78 is 0. The zero-order valence-corrected chi connectivity index (χ0v) is 9.90. The van der Waals surface area contributed by atoms with E-state index < -0.39 is 6.10 Å². The van der Waals surface area contributed by atoms with E-state index in [4.69, 9.17) is 5.11 Å². The van der Waals surface area contributed by atoms with E-state index in [2.05, 4.69) is 22.4 Å². The van der Waals surface area contributed by atoms with Crippen molar-refractivity contribution in [2.24, 2.45) is 0 Å². The second-order valence-electron chi connectivity index (χ2n) is 4.24. The molecular formula is C13H18N2O2. The van der Waals surface area contributed by atoms with Gasteiger partial charge in [-0.2, -0.15) is 0 Å². The van der Waals surface area contributed by atoms with Crippen LogP contribution in [0.3, 0.4) is 0 Å². The highest BCUT2D eigenvalue weighted by molar-refractivity contribution is 5.84. The van der Waals surface area contributed by atoms with Crippen molar-refractivity contribution in [2.75, 3.05) is 13.2 Å². The molecule has 4 heteroatoms. The van der Waals surface area contributed by atoms with Crippen molar-refractivity contribution in [2.45, 2.75) is 19.6 Å². The van der Waals surface area contributed by atoms with Crippen molar-refractivity contribution in [3.8, 4) is 0 Å². The Morgan fingerprint density at radius 1 is 1.35 bits per heavy atom. The highest BCUT2D eigenvalue weighted by Gasteiger charge is 2.08. The van der Waals surface area contributed by atoms with Crippen LogP contribution >= 0.6 is 0 Å². The summed E-state index contributed by atoms with van der Waals surface area (Å²) in [5.41, 5.74) is 3.48. The molecule has 92 valence electrons. The second kappa shape index (κ2) is 5.31. The van der Waals surface area contributed by atoms with Crippen molar-refractivity contribution in [3.63, 3.8) is 0 Å². The lowest BCUT2D eigenvalue weighted by atomic mass is 10.1. The number of H-pyrrole nitrogens is 1. The first-order chi connectivity index (χ1) is 8.22. The van der Waals surface area contributed by atoms with Crippen molar-refractivity contribution >= 4 is 10.9 Å². The van der Waals surface area contributed by atoms with E-state index in [1.807, 2.05) is 19.1 Å². The molecule has 1 heterocycles. The molecule has 0 saturated heterocycles. The molecule has 0 saturated carbocycles. The van der Waals surface area contributed by atoms with Gasteiger partial charge in [-0.1, -0.05) is 18.2 Å². The van der Waals surface area contributed by atoms with Gasteiger partial charge in [0.1, 0.15) is 0 Å². The van der Waals surface area contributed by atoms with E-state index in [9.17, 15) is 5.11 Å². The lowest BCUT2D eigenvalue weighted by molar-refractivity contribution is 0.0942. The van der Waals surface area contributed by atoms with Gasteiger partial charge in [-0.15, -0.1) is 0 Å². The molecule has 0 aliphatic rings. The minimum Gasteiger partial charge on any atom is -0.394 e. The highest BCUT2D eigenvalue weighted by Crippen LogP contribution is 2.21. The molecule has 2 rings (SSSR count). The standard InChI is InChI=1S/C13H18N2O2/c1-9-12(7-14-6-10(17)8-16)11-4-2-3-5-13(11)15-9/h2-5,10,14-17H,6-8H2,1H3. The minimum atomic E-state index is -0.694. The molecule has 1 unspecified atom stereocenters. The summed E-state index contributed by atoms with van der Waals surface area (Å²) in [5, 5.41) is 22.3. The maximum atomic E-state index is 9.25. The first-order valence-electron chi connectivity index (χ1n) is 5.78. The van der Waals surface area contributed by atoms with E-state index in [1.165, 1.54) is 10.9 Å². The summed E-state index contributed by atoms with van der Waals surface area (Å²) in [5.74, 6) is 0. The van der Waals surface area contributed by atoms with Gasteiger partial charge in [0, 0.05) is 29.7 Å². The number of hydrogen-bond donors (Lipinski definition) is 4. The summed E-state index contributed by atoms with van der Waals surface area (Å²) in [7, 11) is 0. The van der Waals surface area contributed by atoms with Crippen molar-refractivity contribution in [1.82, 2.24) is 10.3 Å². The van der Waals surface area contributed by atoms with Crippen LogP contribution in [0.15, 0.2) is 24.3 Å². The van der Waals surface area contributed by atoms with Crippen LogP contribution < -0.4 is 5.32 Å². The Morgan fingerprint density at radius 2 is 2.12 bits per heavy atom. The van der Waals surface area contributed by atoms with Gasteiger partial charge in [-0.05, 0) is 18.6 Å². The molecule has 0 spiro atoms. The second-order valence-corrected chi connectivity index (χ2v) is 4.24. The fraction of sp³-hybridized carbons (Fsp3) is 0.385. The zero-order valence-electron chi connectivity index (χ0n) is 9.90. The third-order valence-corrected chi connectivity index (χ3v) is 2.92. The molecule has 0 aliphatic heterocycles. The molecule has 1 aromatic carbocycles. The van der Waals surface area contributed by atoms with Crippen LogP contribution in [-0.2, 0) is 6.54 Å². The number of fused-ring (bicyclic) bond motifs is 1. The maximum Gasteiger partial charge on any atom is 0.0895 e. The Kier molecular flexibility index (Phi) is 3.78. The van der Waals surface area contributed by atoms with Crippen LogP contribution in [0.4, 0.5) is 0 Å². The molecule has 1 aromatic heterocycles. The molecule has 1 atom stereocenters. The molecule has 0 bridgehead atoms. The van der Waals surface area contributed by atoms with Crippen LogP contribution in [0.2, 0.25) is 0 Å². The molecule has 0 amide bonds. The fourth-order valence-corrected chi connectivity index (χ4v) is 1.99. The molecule has 17 heavy (non-hydrogen) atoms. The van der Waals surface area contributed by atoms with Crippen molar-refractivity contribution in [1.29, 1.82) is 0 Å². The average Bonchev–Trinajstić information content (AvgIpc) is 2.66. The summed E-state index contributed by atoms with van der Waals surface area (Å²) >= 11 is 0. The van der Waals surface area contributed by atoms with Gasteiger partial charge in [-0.25, -0.2) is 0 Å². The largest absolute Gasteiger partial charge is 0.394 e. The summed E-state index contributed by atoms with van der Waals surface area (Å²) in [6, 6.07) is 8.15. The molecule has 0 radical (unpaired) electrons. The zero-order chi connectivity index (χ0) is 12.3. The van der Waals surface area contributed by atoms with Gasteiger partial charge < -0.3 is 20.5 Å². The first-order valence-corrected chi connectivity index (χ1v) is 5.78. The number of benzene rings is 1. The van der Waals surface area contributed by atoms with Gasteiger partial charge in [0.05, 0.1) is 12.7 Å². The van der Waals surface area contributed by atoms with Gasteiger partial charge in [0.15, 0.2) is 0 Å². The number of aliphatic hydroxyl groups excluding tert-OH is 2. The number of aromatic nitrogens is 1. The SMILES string of the molecule is Cc1[nH]c2ccccc2c1CNCC(O)CO. The topological polar surface area (TPSA) is 68.3 Å². The van der Waals surface area contributed by atoms with E-state index in [-0.39, 0.29) is 6.61 Å². The van der Waals surface area contributed by atoms with Gasteiger partial charge in [-0.3, -0.25) is 0 Å². The van der Waals surface area contributed by atoms with E-state index in [0.29, 0.717) is 13.1 Å². The summed E-state index contributed by atoms with van der Waals surface area (Å²) in [4.78, 5) is 3.33. The van der Waals surface area contributed by atoms with Crippen molar-refractivity contribution < 1.29 is 10.2 Å². The molecule has 0 aliphatic carbocycles. The van der Waals surface area contributed by atoms with E-state index in [0.717, 1.165) is 11.2 Å². The number of aliphatic hydroxyl groups is 2. The van der Waals surface area contributed by atoms with Crippen LogP contribution in [0, 0.1) is 6.92 Å². The smallest absolute Gasteiger partial charge is 0.0895 e. The minimum absolute atomic E-state index is 0.208. The number of aromatic amines is 1. The predicted octanol–water partition coefficient (Wildman–Crippen LogP) is 0.919. The fourth-order valence-electron chi connectivity index (χ4n) is 1.99. The molecule has 4 nitrogen and oxygen atoms in total. The van der Waals surface area contributed by atoms with Crippen LogP contribution in [0.1, 0.15) is 11.3 Å². The Morgan fingerprint density at radius 3 is 2.88 bits per heavy atom. The predicted molar refractivity (Wildman–Crippen MR) is 67.8 cm³/mol. The Balaban J connectivity index is 2.10. The van der Waals surface area contributed by atoms with Crippen LogP contribution in [0.25, 0.3) is 10.9 Å². The number of para-hydroxylation sites is 1. The van der Waals surface area contributed by atoms with Gasteiger partial charge in [0.2, 0.25) is 0 Å². The number of rotatable bonds is 5. The van der Waals surface area contributed by atoms with Crippen LogP contribution in [0.5, 0.6) is 0 Å².